The summed E-state index contributed by atoms with van der Waals surface area (Å²) in [6.07, 6.45) is 3.27. The van der Waals surface area contributed by atoms with Gasteiger partial charge in [-0.25, -0.2) is 0 Å². The van der Waals surface area contributed by atoms with E-state index in [0.29, 0.717) is 13.2 Å². The van der Waals surface area contributed by atoms with Crippen molar-refractivity contribution in [3.05, 3.63) is 53.6 Å². The van der Waals surface area contributed by atoms with Crippen molar-refractivity contribution >= 4 is 17.8 Å². The molecule has 5 nitrogen and oxygen atoms in total. The first-order valence-electron chi connectivity index (χ1n) is 9.91. The van der Waals surface area contributed by atoms with Crippen LogP contribution in [0.2, 0.25) is 0 Å². The van der Waals surface area contributed by atoms with E-state index in [2.05, 4.69) is 19.2 Å². The molecule has 0 aliphatic rings. The number of carbonyl (C=O) groups is 1. The monoisotopic (exact) mass is 381 g/mol. The Kier molecular flexibility index (Phi) is 8.69. The number of ether oxygens (including phenoxy) is 1. The fourth-order valence-electron chi connectivity index (χ4n) is 3.15. The number of benzene rings is 2. The molecule has 1 amide bonds. The van der Waals surface area contributed by atoms with E-state index in [-0.39, 0.29) is 5.91 Å². The number of nitrogens with one attached hydrogen (secondary N) is 2. The van der Waals surface area contributed by atoms with Crippen LogP contribution in [0.5, 0.6) is 0 Å². The third kappa shape index (κ3) is 5.67. The highest BCUT2D eigenvalue weighted by Crippen LogP contribution is 2.25. The SMILES string of the molecule is CCCN(CCC)C(=O)c1ccc(-c2ccc(NCCOC)c(C=N)c2)cc1. The highest BCUT2D eigenvalue weighted by atomic mass is 16.5. The highest BCUT2D eigenvalue weighted by molar-refractivity contribution is 5.95. The van der Waals surface area contributed by atoms with Crippen LogP contribution in [-0.2, 0) is 4.74 Å². The van der Waals surface area contributed by atoms with Gasteiger partial charge in [-0.15, -0.1) is 0 Å². The Morgan fingerprint density at radius 3 is 2.29 bits per heavy atom. The average Bonchev–Trinajstić information content (AvgIpc) is 2.73. The van der Waals surface area contributed by atoms with Crippen molar-refractivity contribution in [3.8, 4) is 11.1 Å². The second-order valence-corrected chi connectivity index (χ2v) is 6.74. The fraction of sp³-hybridized carbons (Fsp3) is 0.391. The highest BCUT2D eigenvalue weighted by Gasteiger charge is 2.14. The first-order chi connectivity index (χ1) is 13.6. The molecule has 0 aliphatic heterocycles. The second kappa shape index (κ2) is 11.2. The molecule has 28 heavy (non-hydrogen) atoms. The van der Waals surface area contributed by atoms with Crippen molar-refractivity contribution in [1.29, 1.82) is 5.41 Å². The molecule has 0 saturated carbocycles. The van der Waals surface area contributed by atoms with E-state index < -0.39 is 0 Å². The van der Waals surface area contributed by atoms with Gasteiger partial charge in [0.1, 0.15) is 0 Å². The van der Waals surface area contributed by atoms with Crippen LogP contribution in [0.4, 0.5) is 5.69 Å². The zero-order valence-corrected chi connectivity index (χ0v) is 17.1. The molecule has 0 saturated heterocycles. The van der Waals surface area contributed by atoms with Crippen LogP contribution < -0.4 is 5.32 Å². The molecule has 0 atom stereocenters. The number of hydrogen-bond donors (Lipinski definition) is 2. The van der Waals surface area contributed by atoms with E-state index in [1.165, 1.54) is 6.21 Å². The Morgan fingerprint density at radius 1 is 1.07 bits per heavy atom. The largest absolute Gasteiger partial charge is 0.383 e. The van der Waals surface area contributed by atoms with Crippen LogP contribution in [0.25, 0.3) is 11.1 Å². The summed E-state index contributed by atoms with van der Waals surface area (Å²) < 4.78 is 5.06. The molecule has 0 spiro atoms. The lowest BCUT2D eigenvalue weighted by molar-refractivity contribution is 0.0755. The van der Waals surface area contributed by atoms with Gasteiger partial charge in [0, 0.05) is 49.8 Å². The van der Waals surface area contributed by atoms with Gasteiger partial charge in [0.25, 0.3) is 5.91 Å². The molecule has 0 heterocycles. The van der Waals surface area contributed by atoms with Gasteiger partial charge in [0.15, 0.2) is 0 Å². The van der Waals surface area contributed by atoms with Crippen LogP contribution in [0.3, 0.4) is 0 Å². The van der Waals surface area contributed by atoms with E-state index in [1.807, 2.05) is 47.4 Å². The van der Waals surface area contributed by atoms with E-state index in [9.17, 15) is 4.79 Å². The number of amides is 1. The molecule has 0 aromatic heterocycles. The standard InChI is InChI=1S/C23H31N3O2/c1-4-13-26(14-5-2)23(27)19-8-6-18(7-9-19)20-10-11-22(21(16-20)17-24)25-12-15-28-3/h6-11,16-17,24-25H,4-5,12-15H2,1-3H3. The molecular formula is C23H31N3O2. The van der Waals surface area contributed by atoms with Crippen LogP contribution in [0.15, 0.2) is 42.5 Å². The number of nitrogens with zero attached hydrogens (tertiary/aromatic N) is 1. The van der Waals surface area contributed by atoms with Crippen molar-refractivity contribution in [3.63, 3.8) is 0 Å². The summed E-state index contributed by atoms with van der Waals surface area (Å²) in [7, 11) is 1.67. The van der Waals surface area contributed by atoms with Gasteiger partial charge in [0.05, 0.1) is 6.61 Å². The maximum Gasteiger partial charge on any atom is 0.253 e. The molecular weight excluding hydrogens is 350 g/mol. The number of anilines is 1. The molecule has 5 heteroatoms. The number of methoxy groups -OCH3 is 1. The van der Waals surface area contributed by atoms with Crippen molar-refractivity contribution < 1.29 is 9.53 Å². The summed E-state index contributed by atoms with van der Waals surface area (Å²) in [5.41, 5.74) is 4.51. The van der Waals surface area contributed by atoms with Crippen LogP contribution in [-0.4, -0.2) is 50.4 Å². The number of carbonyl (C=O) groups excluding carboxylic acids is 1. The minimum absolute atomic E-state index is 0.0909. The molecule has 0 radical (unpaired) electrons. The predicted octanol–water partition coefficient (Wildman–Crippen LogP) is 4.67. The fourth-order valence-corrected chi connectivity index (χ4v) is 3.15. The molecule has 2 aromatic rings. The Hall–Kier alpha value is -2.66. The molecule has 2 rings (SSSR count). The third-order valence-corrected chi connectivity index (χ3v) is 4.57. The van der Waals surface area contributed by atoms with E-state index >= 15 is 0 Å². The van der Waals surface area contributed by atoms with Gasteiger partial charge >= 0.3 is 0 Å². The maximum atomic E-state index is 12.7. The van der Waals surface area contributed by atoms with Gasteiger partial charge < -0.3 is 20.4 Å². The van der Waals surface area contributed by atoms with E-state index in [1.54, 1.807) is 7.11 Å². The maximum absolute atomic E-state index is 12.7. The summed E-state index contributed by atoms with van der Waals surface area (Å²) >= 11 is 0. The summed E-state index contributed by atoms with van der Waals surface area (Å²) in [6.45, 7) is 7.06. The first kappa shape index (κ1) is 21.6. The quantitative estimate of drug-likeness (QED) is 0.439. The second-order valence-electron chi connectivity index (χ2n) is 6.74. The van der Waals surface area contributed by atoms with Gasteiger partial charge in [-0.2, -0.15) is 0 Å². The van der Waals surface area contributed by atoms with Crippen LogP contribution in [0.1, 0.15) is 42.6 Å². The number of hydrogen-bond acceptors (Lipinski definition) is 4. The molecule has 150 valence electrons. The minimum Gasteiger partial charge on any atom is -0.383 e. The Morgan fingerprint density at radius 2 is 1.71 bits per heavy atom. The Balaban J connectivity index is 2.18. The van der Waals surface area contributed by atoms with Crippen molar-refractivity contribution in [1.82, 2.24) is 4.90 Å². The zero-order valence-electron chi connectivity index (χ0n) is 17.1. The molecule has 2 aromatic carbocycles. The summed E-state index contributed by atoms with van der Waals surface area (Å²) in [4.78, 5) is 14.6. The Bertz CT molecular complexity index is 766. The summed E-state index contributed by atoms with van der Waals surface area (Å²) in [6, 6.07) is 13.7. The normalized spacial score (nSPS) is 10.5. The molecule has 0 bridgehead atoms. The Labute approximate surface area is 168 Å². The smallest absolute Gasteiger partial charge is 0.253 e. The third-order valence-electron chi connectivity index (χ3n) is 4.57. The molecule has 0 unspecified atom stereocenters. The van der Waals surface area contributed by atoms with Crippen molar-refractivity contribution in [2.45, 2.75) is 26.7 Å². The topological polar surface area (TPSA) is 65.4 Å². The van der Waals surface area contributed by atoms with E-state index in [4.69, 9.17) is 10.1 Å². The van der Waals surface area contributed by atoms with Crippen molar-refractivity contribution in [2.24, 2.45) is 0 Å². The van der Waals surface area contributed by atoms with Gasteiger partial charge in [-0.1, -0.05) is 32.0 Å². The minimum atomic E-state index is 0.0909. The lowest BCUT2D eigenvalue weighted by atomic mass is 10.0. The van der Waals surface area contributed by atoms with Crippen LogP contribution in [0, 0.1) is 5.41 Å². The number of rotatable bonds is 11. The van der Waals surface area contributed by atoms with E-state index in [0.717, 1.165) is 53.9 Å². The molecule has 2 N–H and O–H groups in total. The van der Waals surface area contributed by atoms with Crippen LogP contribution >= 0.6 is 0 Å². The summed E-state index contributed by atoms with van der Waals surface area (Å²) in [5.74, 6) is 0.0909. The van der Waals surface area contributed by atoms with Gasteiger partial charge in [-0.3, -0.25) is 4.79 Å². The summed E-state index contributed by atoms with van der Waals surface area (Å²) in [5, 5.41) is 11.0. The molecule has 0 aliphatic carbocycles. The zero-order chi connectivity index (χ0) is 20.4. The van der Waals surface area contributed by atoms with Gasteiger partial charge in [0.2, 0.25) is 0 Å². The predicted molar refractivity (Wildman–Crippen MR) is 117 cm³/mol. The van der Waals surface area contributed by atoms with Gasteiger partial charge in [-0.05, 0) is 48.2 Å². The first-order valence-corrected chi connectivity index (χ1v) is 9.91. The lowest BCUT2D eigenvalue weighted by Crippen LogP contribution is -2.32. The molecule has 0 fully saturated rings. The average molecular weight is 382 g/mol. The lowest BCUT2D eigenvalue weighted by Gasteiger charge is -2.21. The van der Waals surface area contributed by atoms with Crippen molar-refractivity contribution in [2.75, 3.05) is 38.7 Å².